The van der Waals surface area contributed by atoms with E-state index in [2.05, 4.69) is 19.9 Å². The van der Waals surface area contributed by atoms with Gasteiger partial charge in [-0.2, -0.15) is 5.26 Å². The van der Waals surface area contributed by atoms with Gasteiger partial charge >= 0.3 is 0 Å². The summed E-state index contributed by atoms with van der Waals surface area (Å²) in [4.78, 5) is 15.5. The molecule has 2 N–H and O–H groups in total. The van der Waals surface area contributed by atoms with Crippen molar-refractivity contribution in [1.29, 1.82) is 5.26 Å². The van der Waals surface area contributed by atoms with Crippen molar-refractivity contribution < 1.29 is 19.0 Å². The van der Waals surface area contributed by atoms with E-state index in [0.717, 1.165) is 16.8 Å². The van der Waals surface area contributed by atoms with Gasteiger partial charge in [-0.15, -0.1) is 0 Å². The molecule has 1 aliphatic heterocycles. The van der Waals surface area contributed by atoms with Crippen LogP contribution in [0.25, 0.3) is 0 Å². The zero-order chi connectivity index (χ0) is 27.4. The molecule has 0 fully saturated rings. The van der Waals surface area contributed by atoms with E-state index in [-0.39, 0.29) is 11.2 Å². The lowest BCUT2D eigenvalue weighted by atomic mass is 9.68. The Morgan fingerprint density at radius 1 is 1.16 bits per heavy atom. The summed E-state index contributed by atoms with van der Waals surface area (Å²) in [5.74, 6) is 0.907. The van der Waals surface area contributed by atoms with Gasteiger partial charge in [0.1, 0.15) is 12.4 Å². The lowest BCUT2D eigenvalue weighted by molar-refractivity contribution is -0.118. The van der Waals surface area contributed by atoms with Crippen LogP contribution in [0.3, 0.4) is 0 Å². The number of carbonyl (C=O) groups excluding carboxylic acids is 1. The van der Waals surface area contributed by atoms with Gasteiger partial charge in [0, 0.05) is 36.4 Å². The van der Waals surface area contributed by atoms with Crippen LogP contribution < -0.4 is 15.2 Å². The lowest BCUT2D eigenvalue weighted by Gasteiger charge is -2.43. The Bertz CT molecular complexity index is 1330. The Hall–Kier alpha value is -3.47. The van der Waals surface area contributed by atoms with E-state index in [1.807, 2.05) is 54.3 Å². The predicted molar refractivity (Wildman–Crippen MR) is 147 cm³/mol. The van der Waals surface area contributed by atoms with Crippen LogP contribution >= 0.6 is 11.6 Å². The Kier molecular flexibility index (Phi) is 8.35. The molecule has 200 valence electrons. The minimum Gasteiger partial charge on any atom is -0.490 e. The average molecular weight is 536 g/mol. The van der Waals surface area contributed by atoms with Gasteiger partial charge < -0.3 is 24.8 Å². The summed E-state index contributed by atoms with van der Waals surface area (Å²) in [7, 11) is 1.62. The zero-order valence-corrected chi connectivity index (χ0v) is 23.1. The van der Waals surface area contributed by atoms with E-state index in [0.29, 0.717) is 72.7 Å². The number of nitrogens with two attached hydrogens (primary N) is 1. The molecular weight excluding hydrogens is 502 g/mol. The number of rotatable bonds is 9. The first-order chi connectivity index (χ1) is 18.2. The number of hydrogen-bond acceptors (Lipinski definition) is 7. The summed E-state index contributed by atoms with van der Waals surface area (Å²) in [6.45, 7) is 7.68. The maximum absolute atomic E-state index is 13.6. The molecule has 1 heterocycles. The highest BCUT2D eigenvalue weighted by atomic mass is 35.5. The molecule has 8 heteroatoms. The van der Waals surface area contributed by atoms with E-state index in [4.69, 9.17) is 31.5 Å². The molecule has 38 heavy (non-hydrogen) atoms. The fourth-order valence-electron chi connectivity index (χ4n) is 5.23. The number of carbonyl (C=O) groups is 1. The highest BCUT2D eigenvalue weighted by Crippen LogP contribution is 2.49. The average Bonchev–Trinajstić information content (AvgIpc) is 2.86. The molecule has 0 amide bonds. The van der Waals surface area contributed by atoms with Crippen molar-refractivity contribution in [2.24, 2.45) is 11.1 Å². The molecule has 7 nitrogen and oxygen atoms in total. The first-order valence-corrected chi connectivity index (χ1v) is 13.1. The van der Waals surface area contributed by atoms with Crippen LogP contribution in [-0.4, -0.2) is 37.6 Å². The number of ketones is 1. The third-order valence-corrected chi connectivity index (χ3v) is 7.13. The van der Waals surface area contributed by atoms with Crippen molar-refractivity contribution in [1.82, 2.24) is 4.90 Å². The Labute approximate surface area is 229 Å². The predicted octanol–water partition coefficient (Wildman–Crippen LogP) is 5.70. The number of halogens is 1. The molecule has 2 aliphatic rings. The Balaban J connectivity index is 1.77. The number of hydrogen-bond donors (Lipinski definition) is 1. The molecule has 1 aliphatic carbocycles. The fraction of sp³-hybridized carbons (Fsp3) is 0.400. The summed E-state index contributed by atoms with van der Waals surface area (Å²) in [6.07, 6.45) is 1.07. The highest BCUT2D eigenvalue weighted by molar-refractivity contribution is 6.30. The van der Waals surface area contributed by atoms with Crippen molar-refractivity contribution in [3.05, 3.63) is 81.3 Å². The van der Waals surface area contributed by atoms with Gasteiger partial charge in [0.15, 0.2) is 17.3 Å². The number of allylic oxidation sites excluding steroid dienone is 3. The van der Waals surface area contributed by atoms with Crippen LogP contribution in [0.4, 0.5) is 0 Å². The number of Topliss-reactive ketones (excluding diaryl/α,β-unsaturated/α-hetero) is 1. The number of nitriles is 1. The van der Waals surface area contributed by atoms with Crippen molar-refractivity contribution >= 4 is 17.4 Å². The zero-order valence-electron chi connectivity index (χ0n) is 22.3. The molecule has 0 bridgehead atoms. The molecule has 0 saturated heterocycles. The number of ether oxygens (including phenoxy) is 3. The largest absolute Gasteiger partial charge is 0.490 e. The van der Waals surface area contributed by atoms with E-state index >= 15 is 0 Å². The van der Waals surface area contributed by atoms with Gasteiger partial charge in [0.2, 0.25) is 0 Å². The van der Waals surface area contributed by atoms with Crippen molar-refractivity contribution in [2.75, 3.05) is 26.9 Å². The second-order valence-corrected chi connectivity index (χ2v) is 10.8. The minimum atomic E-state index is -0.585. The Morgan fingerprint density at radius 2 is 1.95 bits per heavy atom. The van der Waals surface area contributed by atoms with E-state index in [1.165, 1.54) is 0 Å². The summed E-state index contributed by atoms with van der Waals surface area (Å²) in [5, 5.41) is 10.9. The molecule has 0 saturated carbocycles. The summed E-state index contributed by atoms with van der Waals surface area (Å²) in [6, 6.07) is 15.3. The molecule has 1 atom stereocenters. The third kappa shape index (κ3) is 5.67. The summed E-state index contributed by atoms with van der Waals surface area (Å²) >= 11 is 6.11. The molecule has 0 aromatic heterocycles. The van der Waals surface area contributed by atoms with Gasteiger partial charge in [-0.1, -0.05) is 43.6 Å². The van der Waals surface area contributed by atoms with Crippen LogP contribution in [0.2, 0.25) is 5.02 Å². The van der Waals surface area contributed by atoms with Crippen molar-refractivity contribution in [3.8, 4) is 17.6 Å². The van der Waals surface area contributed by atoms with Gasteiger partial charge in [0.25, 0.3) is 0 Å². The van der Waals surface area contributed by atoms with Gasteiger partial charge in [-0.25, -0.2) is 0 Å². The second-order valence-electron chi connectivity index (χ2n) is 10.3. The maximum atomic E-state index is 13.6. The molecule has 4 rings (SSSR count). The van der Waals surface area contributed by atoms with Crippen molar-refractivity contribution in [2.45, 2.75) is 46.1 Å². The van der Waals surface area contributed by atoms with Crippen LogP contribution in [-0.2, 0) is 16.1 Å². The Morgan fingerprint density at radius 3 is 2.63 bits per heavy atom. The third-order valence-electron chi connectivity index (χ3n) is 6.89. The minimum absolute atomic E-state index is 0.0307. The van der Waals surface area contributed by atoms with Gasteiger partial charge in [-0.05, 0) is 54.2 Å². The van der Waals surface area contributed by atoms with Crippen molar-refractivity contribution in [3.63, 3.8) is 0 Å². The van der Waals surface area contributed by atoms with E-state index in [9.17, 15) is 10.1 Å². The summed E-state index contributed by atoms with van der Waals surface area (Å²) < 4.78 is 17.3. The normalized spacial score (nSPS) is 18.8. The molecule has 0 spiro atoms. The number of nitrogens with zero attached hydrogens (tertiary/aromatic N) is 2. The second kappa shape index (κ2) is 11.5. The highest BCUT2D eigenvalue weighted by Gasteiger charge is 2.44. The molecular formula is C30H34ClN3O4. The van der Waals surface area contributed by atoms with Crippen LogP contribution in [0.1, 0.15) is 50.7 Å². The first kappa shape index (κ1) is 27.6. The van der Waals surface area contributed by atoms with Crippen LogP contribution in [0.15, 0.2) is 65.1 Å². The van der Waals surface area contributed by atoms with Gasteiger partial charge in [-0.3, -0.25) is 4.79 Å². The summed E-state index contributed by atoms with van der Waals surface area (Å²) in [5.41, 5.74) is 9.92. The van der Waals surface area contributed by atoms with Gasteiger partial charge in [0.05, 0.1) is 30.8 Å². The van der Waals surface area contributed by atoms with Crippen LogP contribution in [0, 0.1) is 16.7 Å². The lowest BCUT2D eigenvalue weighted by Crippen LogP contribution is -2.43. The maximum Gasteiger partial charge on any atom is 0.162 e. The number of benzene rings is 2. The smallest absolute Gasteiger partial charge is 0.162 e. The molecule has 2 aromatic rings. The molecule has 0 unspecified atom stereocenters. The van der Waals surface area contributed by atoms with E-state index < -0.39 is 5.92 Å². The molecule has 0 radical (unpaired) electrons. The quantitative estimate of drug-likeness (QED) is 0.439. The monoisotopic (exact) mass is 535 g/mol. The topological polar surface area (TPSA) is 97.8 Å². The standard InChI is InChI=1S/C30H34ClN3O4/c1-5-37-26-14-20(9-10-25(26)38-18-19-7-6-8-21(31)13-19)27-22(17-32)29(33)34(11-12-36-4)23-15-30(2,3)16-24(35)28(23)27/h6-10,13-14,27H,5,11-12,15-16,18,33H2,1-4H3/t27-/m0/s1. The fourth-order valence-corrected chi connectivity index (χ4v) is 5.44. The first-order valence-electron chi connectivity index (χ1n) is 12.8. The number of methoxy groups -OCH3 is 1. The van der Waals surface area contributed by atoms with Crippen LogP contribution in [0.5, 0.6) is 11.5 Å². The SMILES string of the molecule is CCOc1cc([C@H]2C(C#N)=C(N)N(CCOC)C3=C2C(=O)CC(C)(C)C3)ccc1OCc1cccc(Cl)c1. The molecule has 2 aromatic carbocycles. The van der Waals surface area contributed by atoms with E-state index in [1.54, 1.807) is 7.11 Å².